The Kier molecular flexibility index (Phi) is 9.84. The van der Waals surface area contributed by atoms with Gasteiger partial charge < -0.3 is 13.9 Å². The average molecular weight is 881 g/mol. The van der Waals surface area contributed by atoms with Crippen LogP contribution < -0.4 is 4.90 Å². The molecule has 0 fully saturated rings. The van der Waals surface area contributed by atoms with Crippen LogP contribution in [-0.2, 0) is 0 Å². The third kappa shape index (κ3) is 7.16. The molecule has 0 saturated carbocycles. The van der Waals surface area contributed by atoms with Crippen LogP contribution in [0, 0.1) is 0 Å². The van der Waals surface area contributed by atoms with Gasteiger partial charge in [-0.15, -0.1) is 0 Å². The second-order valence-electron chi connectivity index (χ2n) is 17.7. The van der Waals surface area contributed by atoms with Gasteiger partial charge in [0.2, 0.25) is 0 Å². The number of hydrogen-bond acceptors (Lipinski definition) is 2. The minimum Gasteiger partial charge on any atom is -0.456 e. The van der Waals surface area contributed by atoms with Crippen molar-refractivity contribution in [1.82, 2.24) is 4.57 Å². The molecule has 0 amide bonds. The summed E-state index contributed by atoms with van der Waals surface area (Å²) in [6, 6.07) is 96.1. The fourth-order valence-electron chi connectivity index (χ4n) is 10.3. The third-order valence-electron chi connectivity index (χ3n) is 13.6. The first-order chi connectivity index (χ1) is 34.2. The van der Waals surface area contributed by atoms with E-state index in [0.717, 1.165) is 72.5 Å². The lowest BCUT2D eigenvalue weighted by atomic mass is 9.94. The van der Waals surface area contributed by atoms with Crippen molar-refractivity contribution in [3.8, 4) is 61.3 Å². The lowest BCUT2D eigenvalue weighted by molar-refractivity contribution is 0.669. The van der Waals surface area contributed by atoms with Gasteiger partial charge in [-0.3, -0.25) is 0 Å². The van der Waals surface area contributed by atoms with Gasteiger partial charge in [-0.25, -0.2) is 0 Å². The fourth-order valence-corrected chi connectivity index (χ4v) is 10.3. The van der Waals surface area contributed by atoms with Gasteiger partial charge in [0.25, 0.3) is 0 Å². The molecule has 13 rings (SSSR count). The molecule has 0 aliphatic heterocycles. The molecule has 0 atom stereocenters. The summed E-state index contributed by atoms with van der Waals surface area (Å²) in [4.78, 5) is 2.39. The molecule has 0 aliphatic rings. The number of fused-ring (bicyclic) bond motifs is 6. The van der Waals surface area contributed by atoms with Gasteiger partial charge in [0.05, 0.1) is 16.7 Å². The van der Waals surface area contributed by atoms with Crippen molar-refractivity contribution in [2.45, 2.75) is 0 Å². The highest BCUT2D eigenvalue weighted by atomic mass is 16.3. The molecule has 69 heavy (non-hydrogen) atoms. The Morgan fingerprint density at radius 2 is 0.783 bits per heavy atom. The van der Waals surface area contributed by atoms with E-state index in [4.69, 9.17) is 4.42 Å². The van der Waals surface area contributed by atoms with E-state index < -0.39 is 0 Å². The average Bonchev–Trinajstić information content (AvgIpc) is 3.97. The van der Waals surface area contributed by atoms with Crippen LogP contribution in [0.1, 0.15) is 0 Å². The number of para-hydroxylation sites is 4. The Morgan fingerprint density at radius 3 is 1.51 bits per heavy atom. The lowest BCUT2D eigenvalue weighted by Crippen LogP contribution is -2.11. The van der Waals surface area contributed by atoms with E-state index >= 15 is 0 Å². The summed E-state index contributed by atoms with van der Waals surface area (Å²) in [5.74, 6) is 0. The van der Waals surface area contributed by atoms with Crippen molar-refractivity contribution in [2.24, 2.45) is 0 Å². The summed E-state index contributed by atoms with van der Waals surface area (Å²) >= 11 is 0. The maximum Gasteiger partial charge on any atom is 0.136 e. The number of aromatic nitrogens is 1. The number of rotatable bonds is 9. The summed E-state index contributed by atoms with van der Waals surface area (Å²) in [6.45, 7) is 0. The minimum atomic E-state index is 0.875. The highest BCUT2D eigenvalue weighted by Crippen LogP contribution is 2.44. The van der Waals surface area contributed by atoms with Crippen molar-refractivity contribution < 1.29 is 4.42 Å². The van der Waals surface area contributed by atoms with E-state index in [1.807, 2.05) is 12.1 Å². The Bertz CT molecular complexity index is 3960. The molecule has 0 N–H and O–H groups in total. The molecule has 324 valence electrons. The van der Waals surface area contributed by atoms with Crippen LogP contribution in [0.4, 0.5) is 17.1 Å². The molecule has 3 nitrogen and oxygen atoms in total. The zero-order chi connectivity index (χ0) is 45.7. The number of nitrogens with zero attached hydrogens (tertiary/aromatic N) is 2. The van der Waals surface area contributed by atoms with Crippen molar-refractivity contribution >= 4 is 60.8 Å². The first-order valence-corrected chi connectivity index (χ1v) is 23.6. The highest BCUT2D eigenvalue weighted by molar-refractivity contribution is 6.09. The molecule has 2 aromatic heterocycles. The van der Waals surface area contributed by atoms with Crippen LogP contribution in [0.3, 0.4) is 0 Å². The number of anilines is 3. The van der Waals surface area contributed by atoms with Crippen molar-refractivity contribution in [3.05, 3.63) is 267 Å². The van der Waals surface area contributed by atoms with Gasteiger partial charge in [0, 0.05) is 44.2 Å². The van der Waals surface area contributed by atoms with Crippen LogP contribution in [0.25, 0.3) is 105 Å². The smallest absolute Gasteiger partial charge is 0.136 e. The van der Waals surface area contributed by atoms with Crippen molar-refractivity contribution in [2.75, 3.05) is 4.90 Å². The van der Waals surface area contributed by atoms with E-state index in [2.05, 4.69) is 264 Å². The summed E-state index contributed by atoms with van der Waals surface area (Å²) in [5, 5.41) is 4.77. The Hall–Kier alpha value is -9.18. The van der Waals surface area contributed by atoms with Gasteiger partial charge in [0.15, 0.2) is 0 Å². The van der Waals surface area contributed by atoms with E-state index in [1.54, 1.807) is 0 Å². The second-order valence-corrected chi connectivity index (χ2v) is 17.7. The van der Waals surface area contributed by atoms with Crippen molar-refractivity contribution in [1.29, 1.82) is 0 Å². The number of furan rings is 1. The molecule has 3 heteroatoms. The van der Waals surface area contributed by atoms with Crippen LogP contribution in [0.2, 0.25) is 0 Å². The third-order valence-corrected chi connectivity index (χ3v) is 13.6. The second kappa shape index (κ2) is 16.9. The molecule has 13 aromatic rings. The molecule has 0 saturated heterocycles. The predicted molar refractivity (Wildman–Crippen MR) is 290 cm³/mol. The summed E-state index contributed by atoms with van der Waals surface area (Å²) in [5.41, 5.74) is 20.1. The Labute approximate surface area is 401 Å². The lowest BCUT2D eigenvalue weighted by Gasteiger charge is -2.28. The van der Waals surface area contributed by atoms with Gasteiger partial charge in [0.1, 0.15) is 11.2 Å². The molecule has 0 unspecified atom stereocenters. The van der Waals surface area contributed by atoms with Crippen LogP contribution in [0.15, 0.2) is 271 Å². The minimum absolute atomic E-state index is 0.875. The fraction of sp³-hybridized carbons (Fsp3) is 0. The van der Waals surface area contributed by atoms with Crippen LogP contribution >= 0.6 is 0 Å². The molecule has 0 spiro atoms. The number of hydrogen-bond donors (Lipinski definition) is 0. The van der Waals surface area contributed by atoms with Gasteiger partial charge in [-0.2, -0.15) is 0 Å². The maximum atomic E-state index is 6.42. The first-order valence-electron chi connectivity index (χ1n) is 23.6. The van der Waals surface area contributed by atoms with Crippen molar-refractivity contribution in [3.63, 3.8) is 0 Å². The quantitative estimate of drug-likeness (QED) is 0.144. The molecule has 0 radical (unpaired) electrons. The SMILES string of the molecule is c1ccc(-c2ccccc2-c2cccc(N(c3ccc(-c4cccc(-c5ccc(-n6c7ccccc7c7ccccc76)cc5)c4)cc3)c3ccccc3-c3ccc4c(c3)oc3ccccc34)c2)cc1. The first kappa shape index (κ1) is 40.1. The molecular formula is C66H44N2O. The molecular weight excluding hydrogens is 837 g/mol. The van der Waals surface area contributed by atoms with Gasteiger partial charge >= 0.3 is 0 Å². The Morgan fingerprint density at radius 1 is 0.275 bits per heavy atom. The molecule has 11 aromatic carbocycles. The van der Waals surface area contributed by atoms with E-state index in [1.165, 1.54) is 49.6 Å². The maximum absolute atomic E-state index is 6.42. The topological polar surface area (TPSA) is 21.3 Å². The van der Waals surface area contributed by atoms with Gasteiger partial charge in [-0.1, -0.05) is 188 Å². The number of benzene rings is 11. The highest BCUT2D eigenvalue weighted by Gasteiger charge is 2.20. The Balaban J connectivity index is 0.885. The largest absolute Gasteiger partial charge is 0.456 e. The van der Waals surface area contributed by atoms with Gasteiger partial charge in [-0.05, 0) is 129 Å². The summed E-state index contributed by atoms with van der Waals surface area (Å²) in [7, 11) is 0. The standard InChI is InChI=1S/C66H44N2O/c1-2-16-47(17-3-1)55-22-4-5-23-56(55)50-20-15-21-54(43-50)67(62-28-10-6-24-57(62)51-36-41-61-60-27-9-13-31-65(60)69-66(61)44-51)52-37-32-45(33-38-52)48-18-14-19-49(42-48)46-34-39-53(40-35-46)68-63-29-11-7-25-58(63)59-26-8-12-30-64(59)68/h1-44H. The van der Waals surface area contributed by atoms with Crippen LogP contribution in [0.5, 0.6) is 0 Å². The zero-order valence-corrected chi connectivity index (χ0v) is 37.7. The van der Waals surface area contributed by atoms with E-state index in [-0.39, 0.29) is 0 Å². The van der Waals surface area contributed by atoms with E-state index in [0.29, 0.717) is 0 Å². The van der Waals surface area contributed by atoms with E-state index in [9.17, 15) is 0 Å². The molecule has 0 bridgehead atoms. The van der Waals surface area contributed by atoms with Crippen LogP contribution in [-0.4, -0.2) is 4.57 Å². The summed E-state index contributed by atoms with van der Waals surface area (Å²) in [6.07, 6.45) is 0. The molecule has 2 heterocycles. The predicted octanol–water partition coefficient (Wildman–Crippen LogP) is 18.5. The summed E-state index contributed by atoms with van der Waals surface area (Å²) < 4.78 is 8.79. The normalized spacial score (nSPS) is 11.5. The molecule has 0 aliphatic carbocycles. The zero-order valence-electron chi connectivity index (χ0n) is 37.7. The monoisotopic (exact) mass is 880 g/mol.